The first-order valence-electron chi connectivity index (χ1n) is 7.64. The maximum atomic E-state index is 5.19. The number of hydrogen-bond donors (Lipinski definition) is 1. The van der Waals surface area contributed by atoms with E-state index < -0.39 is 0 Å². The molecule has 1 fully saturated rings. The minimum Gasteiger partial charge on any atom is -0.497 e. The van der Waals surface area contributed by atoms with Gasteiger partial charge in [0.25, 0.3) is 0 Å². The van der Waals surface area contributed by atoms with Crippen molar-refractivity contribution in [3.8, 4) is 5.75 Å². The van der Waals surface area contributed by atoms with Gasteiger partial charge in [-0.25, -0.2) is 0 Å². The average Bonchev–Trinajstić information content (AvgIpc) is 2.47. The van der Waals surface area contributed by atoms with Gasteiger partial charge in [0, 0.05) is 6.04 Å². The van der Waals surface area contributed by atoms with E-state index in [0.29, 0.717) is 6.04 Å². The number of ether oxygens (including phenoxy) is 1. The highest BCUT2D eigenvalue weighted by Crippen LogP contribution is 2.23. The van der Waals surface area contributed by atoms with Crippen molar-refractivity contribution in [1.82, 2.24) is 5.32 Å². The summed E-state index contributed by atoms with van der Waals surface area (Å²) in [6.07, 6.45) is 8.23. The summed E-state index contributed by atoms with van der Waals surface area (Å²) in [5, 5.41) is 3.70. The Morgan fingerprint density at radius 2 is 1.84 bits per heavy atom. The SMILES string of the molecule is COc1ccc(CC(C)NCC2CCCCC2)cc1. The van der Waals surface area contributed by atoms with Gasteiger partial charge in [-0.15, -0.1) is 0 Å². The average molecular weight is 261 g/mol. The summed E-state index contributed by atoms with van der Waals surface area (Å²) < 4.78 is 5.19. The molecule has 1 atom stereocenters. The largest absolute Gasteiger partial charge is 0.497 e. The highest BCUT2D eigenvalue weighted by molar-refractivity contribution is 5.27. The van der Waals surface area contributed by atoms with Crippen LogP contribution in [0.15, 0.2) is 24.3 Å². The van der Waals surface area contributed by atoms with E-state index in [0.717, 1.165) is 18.1 Å². The first-order valence-corrected chi connectivity index (χ1v) is 7.64. The fourth-order valence-corrected chi connectivity index (χ4v) is 2.95. The smallest absolute Gasteiger partial charge is 0.118 e. The van der Waals surface area contributed by atoms with Gasteiger partial charge in [0.15, 0.2) is 0 Å². The van der Waals surface area contributed by atoms with Crippen molar-refractivity contribution in [2.24, 2.45) is 5.92 Å². The fourth-order valence-electron chi connectivity index (χ4n) is 2.95. The standard InChI is InChI=1S/C17H27NO/c1-14(18-13-16-6-4-3-5-7-16)12-15-8-10-17(19-2)11-9-15/h8-11,14,16,18H,3-7,12-13H2,1-2H3. The van der Waals surface area contributed by atoms with Gasteiger partial charge in [-0.3, -0.25) is 0 Å². The molecule has 0 aliphatic heterocycles. The predicted molar refractivity (Wildman–Crippen MR) is 80.7 cm³/mol. The van der Waals surface area contributed by atoms with E-state index >= 15 is 0 Å². The third-order valence-corrected chi connectivity index (χ3v) is 4.18. The van der Waals surface area contributed by atoms with E-state index in [2.05, 4.69) is 24.4 Å². The van der Waals surface area contributed by atoms with Crippen LogP contribution in [-0.4, -0.2) is 19.7 Å². The number of nitrogens with one attached hydrogen (secondary N) is 1. The molecule has 1 aromatic rings. The lowest BCUT2D eigenvalue weighted by atomic mass is 9.89. The van der Waals surface area contributed by atoms with Crippen LogP contribution in [-0.2, 0) is 6.42 Å². The van der Waals surface area contributed by atoms with Crippen molar-refractivity contribution >= 4 is 0 Å². The Kier molecular flexibility index (Phi) is 5.71. The van der Waals surface area contributed by atoms with Crippen LogP contribution < -0.4 is 10.1 Å². The van der Waals surface area contributed by atoms with Gasteiger partial charge in [0.05, 0.1) is 7.11 Å². The fraction of sp³-hybridized carbons (Fsp3) is 0.647. The first kappa shape index (κ1) is 14.4. The third-order valence-electron chi connectivity index (χ3n) is 4.18. The zero-order valence-corrected chi connectivity index (χ0v) is 12.3. The minimum atomic E-state index is 0.551. The number of benzene rings is 1. The summed E-state index contributed by atoms with van der Waals surface area (Å²) in [6, 6.07) is 8.97. The van der Waals surface area contributed by atoms with Crippen molar-refractivity contribution in [2.75, 3.05) is 13.7 Å². The lowest BCUT2D eigenvalue weighted by Crippen LogP contribution is -2.33. The maximum absolute atomic E-state index is 5.19. The highest BCUT2D eigenvalue weighted by Gasteiger charge is 2.14. The summed E-state index contributed by atoms with van der Waals surface area (Å²) in [6.45, 7) is 3.48. The molecule has 0 radical (unpaired) electrons. The Hall–Kier alpha value is -1.02. The van der Waals surface area contributed by atoms with E-state index in [1.54, 1.807) is 7.11 Å². The number of hydrogen-bond acceptors (Lipinski definition) is 2. The molecule has 2 heteroatoms. The van der Waals surface area contributed by atoms with Crippen LogP contribution in [0.2, 0.25) is 0 Å². The van der Waals surface area contributed by atoms with E-state index in [1.165, 1.54) is 44.2 Å². The van der Waals surface area contributed by atoms with Crippen LogP contribution >= 0.6 is 0 Å². The summed E-state index contributed by atoms with van der Waals surface area (Å²) in [5.74, 6) is 1.85. The molecule has 1 saturated carbocycles. The van der Waals surface area contributed by atoms with Crippen LogP contribution in [0.4, 0.5) is 0 Å². The Bertz CT molecular complexity index is 354. The monoisotopic (exact) mass is 261 g/mol. The lowest BCUT2D eigenvalue weighted by Gasteiger charge is -2.24. The lowest BCUT2D eigenvalue weighted by molar-refractivity contribution is 0.330. The van der Waals surface area contributed by atoms with Crippen molar-refractivity contribution < 1.29 is 4.74 Å². The molecule has 0 spiro atoms. The molecule has 1 aliphatic rings. The number of rotatable bonds is 6. The zero-order chi connectivity index (χ0) is 13.5. The van der Waals surface area contributed by atoms with E-state index in [9.17, 15) is 0 Å². The molecule has 2 rings (SSSR count). The van der Waals surface area contributed by atoms with E-state index in [4.69, 9.17) is 4.74 Å². The second-order valence-corrected chi connectivity index (χ2v) is 5.87. The first-order chi connectivity index (χ1) is 9.28. The Morgan fingerprint density at radius 1 is 1.16 bits per heavy atom. The molecule has 19 heavy (non-hydrogen) atoms. The van der Waals surface area contributed by atoms with Gasteiger partial charge in [0.2, 0.25) is 0 Å². The Labute approximate surface area is 117 Å². The highest BCUT2D eigenvalue weighted by atomic mass is 16.5. The normalized spacial score (nSPS) is 18.2. The summed E-state index contributed by atoms with van der Waals surface area (Å²) in [4.78, 5) is 0. The van der Waals surface area contributed by atoms with E-state index in [1.807, 2.05) is 12.1 Å². The second kappa shape index (κ2) is 7.54. The molecule has 0 heterocycles. The van der Waals surface area contributed by atoms with Crippen LogP contribution in [0.25, 0.3) is 0 Å². The van der Waals surface area contributed by atoms with Crippen LogP contribution in [0, 0.1) is 5.92 Å². The van der Waals surface area contributed by atoms with Gasteiger partial charge in [-0.2, -0.15) is 0 Å². The molecule has 2 nitrogen and oxygen atoms in total. The molecular formula is C17H27NO. The maximum Gasteiger partial charge on any atom is 0.118 e. The molecule has 1 aliphatic carbocycles. The quantitative estimate of drug-likeness (QED) is 0.841. The van der Waals surface area contributed by atoms with Gasteiger partial charge in [-0.1, -0.05) is 31.4 Å². The van der Waals surface area contributed by atoms with E-state index in [-0.39, 0.29) is 0 Å². The van der Waals surface area contributed by atoms with Crippen LogP contribution in [0.1, 0.15) is 44.6 Å². The topological polar surface area (TPSA) is 21.3 Å². The van der Waals surface area contributed by atoms with Gasteiger partial charge >= 0.3 is 0 Å². The molecule has 0 aromatic heterocycles. The number of methoxy groups -OCH3 is 1. The summed E-state index contributed by atoms with van der Waals surface area (Å²) >= 11 is 0. The molecule has 0 saturated heterocycles. The molecule has 1 aromatic carbocycles. The second-order valence-electron chi connectivity index (χ2n) is 5.87. The molecule has 106 valence electrons. The summed E-state index contributed by atoms with van der Waals surface area (Å²) in [5.41, 5.74) is 1.38. The third kappa shape index (κ3) is 4.87. The predicted octanol–water partition coefficient (Wildman–Crippen LogP) is 3.80. The minimum absolute atomic E-state index is 0.551. The molecule has 1 unspecified atom stereocenters. The molecule has 0 amide bonds. The van der Waals surface area contributed by atoms with Crippen molar-refractivity contribution in [1.29, 1.82) is 0 Å². The molecular weight excluding hydrogens is 234 g/mol. The molecule has 1 N–H and O–H groups in total. The van der Waals surface area contributed by atoms with Gasteiger partial charge in [-0.05, 0) is 56.3 Å². The molecule has 0 bridgehead atoms. The Balaban J connectivity index is 1.71. The van der Waals surface area contributed by atoms with Crippen LogP contribution in [0.5, 0.6) is 5.75 Å². The van der Waals surface area contributed by atoms with Gasteiger partial charge in [0.1, 0.15) is 5.75 Å². The van der Waals surface area contributed by atoms with Crippen molar-refractivity contribution in [2.45, 2.75) is 51.5 Å². The zero-order valence-electron chi connectivity index (χ0n) is 12.3. The van der Waals surface area contributed by atoms with Gasteiger partial charge < -0.3 is 10.1 Å². The Morgan fingerprint density at radius 3 is 2.47 bits per heavy atom. The van der Waals surface area contributed by atoms with Crippen molar-refractivity contribution in [3.63, 3.8) is 0 Å². The van der Waals surface area contributed by atoms with Crippen molar-refractivity contribution in [3.05, 3.63) is 29.8 Å². The van der Waals surface area contributed by atoms with Crippen LogP contribution in [0.3, 0.4) is 0 Å². The summed E-state index contributed by atoms with van der Waals surface area (Å²) in [7, 11) is 1.71.